The summed E-state index contributed by atoms with van der Waals surface area (Å²) in [4.78, 5) is 4.64. The van der Waals surface area contributed by atoms with Crippen LogP contribution in [0, 0.1) is 6.92 Å². The SMILES string of the molecule is Cc1cccc2sc(NC3CCC3)nc12. The molecule has 2 nitrogen and oxygen atoms in total. The average Bonchev–Trinajstić information content (AvgIpc) is 2.56. The topological polar surface area (TPSA) is 24.9 Å². The maximum absolute atomic E-state index is 4.64. The first-order valence-electron chi connectivity index (χ1n) is 5.45. The van der Waals surface area contributed by atoms with Gasteiger partial charge >= 0.3 is 0 Å². The minimum atomic E-state index is 0.672. The standard InChI is InChI=1S/C12H14N2S/c1-8-4-2-7-10-11(8)14-12(15-10)13-9-5-3-6-9/h2,4,7,9H,3,5-6H2,1H3,(H,13,14). The summed E-state index contributed by atoms with van der Waals surface area (Å²) in [6.07, 6.45) is 3.96. The summed E-state index contributed by atoms with van der Waals surface area (Å²) >= 11 is 1.77. The van der Waals surface area contributed by atoms with Gasteiger partial charge in [-0.05, 0) is 37.8 Å². The zero-order valence-electron chi connectivity index (χ0n) is 8.79. The van der Waals surface area contributed by atoms with Gasteiger partial charge in [0.1, 0.15) is 0 Å². The van der Waals surface area contributed by atoms with Gasteiger partial charge in [0.2, 0.25) is 0 Å². The molecule has 1 aliphatic rings. The molecule has 0 amide bonds. The van der Waals surface area contributed by atoms with Gasteiger partial charge in [-0.15, -0.1) is 0 Å². The summed E-state index contributed by atoms with van der Waals surface area (Å²) < 4.78 is 1.29. The van der Waals surface area contributed by atoms with E-state index >= 15 is 0 Å². The molecule has 1 aliphatic carbocycles. The Balaban J connectivity index is 1.95. The predicted octanol–water partition coefficient (Wildman–Crippen LogP) is 3.57. The Morgan fingerprint density at radius 3 is 2.93 bits per heavy atom. The number of nitrogens with one attached hydrogen (secondary N) is 1. The average molecular weight is 218 g/mol. The van der Waals surface area contributed by atoms with Crippen LogP contribution in [0.4, 0.5) is 5.13 Å². The summed E-state index contributed by atoms with van der Waals surface area (Å²) in [5.41, 5.74) is 2.43. The highest BCUT2D eigenvalue weighted by molar-refractivity contribution is 7.22. The minimum absolute atomic E-state index is 0.672. The van der Waals surface area contributed by atoms with Gasteiger partial charge in [-0.2, -0.15) is 0 Å². The van der Waals surface area contributed by atoms with Crippen molar-refractivity contribution in [3.63, 3.8) is 0 Å². The molecule has 0 unspecified atom stereocenters. The number of rotatable bonds is 2. The van der Waals surface area contributed by atoms with Crippen LogP contribution in [0.25, 0.3) is 10.2 Å². The van der Waals surface area contributed by atoms with Crippen LogP contribution in [0.2, 0.25) is 0 Å². The lowest BCUT2D eigenvalue weighted by atomic mass is 9.93. The smallest absolute Gasteiger partial charge is 0.184 e. The second-order valence-corrected chi connectivity index (χ2v) is 5.24. The normalized spacial score (nSPS) is 16.6. The van der Waals surface area contributed by atoms with Crippen LogP contribution in [0.3, 0.4) is 0 Å². The van der Waals surface area contributed by atoms with Gasteiger partial charge < -0.3 is 5.32 Å². The molecule has 0 atom stereocenters. The van der Waals surface area contributed by atoms with E-state index in [1.807, 2.05) is 0 Å². The highest BCUT2D eigenvalue weighted by Gasteiger charge is 2.18. The van der Waals surface area contributed by atoms with Crippen molar-refractivity contribution < 1.29 is 0 Å². The number of aryl methyl sites for hydroxylation is 1. The third-order valence-corrected chi connectivity index (χ3v) is 4.01. The minimum Gasteiger partial charge on any atom is -0.359 e. The summed E-state index contributed by atoms with van der Waals surface area (Å²) in [6.45, 7) is 2.12. The van der Waals surface area contributed by atoms with E-state index in [-0.39, 0.29) is 0 Å². The number of fused-ring (bicyclic) bond motifs is 1. The molecule has 0 spiro atoms. The Bertz CT molecular complexity index is 485. The molecule has 1 aromatic carbocycles. The molecule has 2 aromatic rings. The molecule has 3 heteroatoms. The summed E-state index contributed by atoms with van der Waals surface area (Å²) in [5, 5.41) is 4.59. The van der Waals surface area contributed by atoms with Crippen molar-refractivity contribution in [2.24, 2.45) is 0 Å². The Morgan fingerprint density at radius 2 is 2.27 bits per heavy atom. The Morgan fingerprint density at radius 1 is 1.40 bits per heavy atom. The van der Waals surface area contributed by atoms with E-state index < -0.39 is 0 Å². The van der Waals surface area contributed by atoms with Crippen molar-refractivity contribution in [3.05, 3.63) is 23.8 Å². The first-order valence-corrected chi connectivity index (χ1v) is 6.27. The summed E-state index contributed by atoms with van der Waals surface area (Å²) in [7, 11) is 0. The van der Waals surface area contributed by atoms with Crippen LogP contribution >= 0.6 is 11.3 Å². The monoisotopic (exact) mass is 218 g/mol. The second kappa shape index (κ2) is 3.49. The molecular weight excluding hydrogens is 204 g/mol. The maximum atomic E-state index is 4.64. The van der Waals surface area contributed by atoms with Crippen LogP contribution in [-0.4, -0.2) is 11.0 Å². The number of anilines is 1. The van der Waals surface area contributed by atoms with Crippen molar-refractivity contribution in [3.8, 4) is 0 Å². The third-order valence-electron chi connectivity index (χ3n) is 3.05. The Hall–Kier alpha value is -1.09. The molecular formula is C12H14N2S. The molecule has 0 bridgehead atoms. The van der Waals surface area contributed by atoms with Crippen LogP contribution in [0.5, 0.6) is 0 Å². The van der Waals surface area contributed by atoms with Gasteiger partial charge in [-0.25, -0.2) is 4.98 Å². The molecule has 15 heavy (non-hydrogen) atoms. The van der Waals surface area contributed by atoms with Crippen molar-refractivity contribution in [1.29, 1.82) is 0 Å². The Labute approximate surface area is 93.3 Å². The number of hydrogen-bond donors (Lipinski definition) is 1. The predicted molar refractivity (Wildman–Crippen MR) is 65.6 cm³/mol. The van der Waals surface area contributed by atoms with E-state index in [0.29, 0.717) is 6.04 Å². The number of hydrogen-bond acceptors (Lipinski definition) is 3. The molecule has 1 fully saturated rings. The molecule has 3 rings (SSSR count). The van der Waals surface area contributed by atoms with Gasteiger partial charge in [0.15, 0.2) is 5.13 Å². The number of thiazole rings is 1. The maximum Gasteiger partial charge on any atom is 0.184 e. The molecule has 0 aliphatic heterocycles. The van der Waals surface area contributed by atoms with Crippen molar-refractivity contribution in [1.82, 2.24) is 4.98 Å². The summed E-state index contributed by atoms with van der Waals surface area (Å²) in [5.74, 6) is 0. The van der Waals surface area contributed by atoms with Crippen LogP contribution in [-0.2, 0) is 0 Å². The zero-order valence-corrected chi connectivity index (χ0v) is 9.60. The molecule has 1 heterocycles. The van der Waals surface area contributed by atoms with Crippen molar-refractivity contribution in [2.75, 3.05) is 5.32 Å². The van der Waals surface area contributed by atoms with Crippen LogP contribution < -0.4 is 5.32 Å². The van der Waals surface area contributed by atoms with Crippen LogP contribution in [0.1, 0.15) is 24.8 Å². The lowest BCUT2D eigenvalue weighted by Crippen LogP contribution is -2.26. The van der Waals surface area contributed by atoms with E-state index in [4.69, 9.17) is 0 Å². The third kappa shape index (κ3) is 1.61. The van der Waals surface area contributed by atoms with Gasteiger partial charge in [0.05, 0.1) is 10.2 Å². The number of nitrogens with zero attached hydrogens (tertiary/aromatic N) is 1. The van der Waals surface area contributed by atoms with Gasteiger partial charge in [0, 0.05) is 6.04 Å². The first-order chi connectivity index (χ1) is 7.33. The van der Waals surface area contributed by atoms with Gasteiger partial charge in [-0.1, -0.05) is 23.5 Å². The molecule has 1 aromatic heterocycles. The van der Waals surface area contributed by atoms with E-state index in [9.17, 15) is 0 Å². The van der Waals surface area contributed by atoms with E-state index in [1.165, 1.54) is 29.5 Å². The molecule has 78 valence electrons. The van der Waals surface area contributed by atoms with E-state index in [2.05, 4.69) is 35.4 Å². The lowest BCUT2D eigenvalue weighted by molar-refractivity contribution is 0.445. The zero-order chi connectivity index (χ0) is 10.3. The molecule has 0 saturated heterocycles. The lowest BCUT2D eigenvalue weighted by Gasteiger charge is -2.25. The largest absolute Gasteiger partial charge is 0.359 e. The van der Waals surface area contributed by atoms with Crippen molar-refractivity contribution >= 4 is 26.7 Å². The van der Waals surface area contributed by atoms with Gasteiger partial charge in [0.25, 0.3) is 0 Å². The fourth-order valence-corrected chi connectivity index (χ4v) is 2.90. The fraction of sp³-hybridized carbons (Fsp3) is 0.417. The van der Waals surface area contributed by atoms with Gasteiger partial charge in [-0.3, -0.25) is 0 Å². The molecule has 1 saturated carbocycles. The first kappa shape index (κ1) is 9.16. The fourth-order valence-electron chi connectivity index (χ4n) is 1.88. The van der Waals surface area contributed by atoms with E-state index in [1.54, 1.807) is 11.3 Å². The highest BCUT2D eigenvalue weighted by atomic mass is 32.1. The molecule has 1 N–H and O–H groups in total. The quantitative estimate of drug-likeness (QED) is 0.833. The summed E-state index contributed by atoms with van der Waals surface area (Å²) in [6, 6.07) is 7.04. The number of para-hydroxylation sites is 1. The number of aromatic nitrogens is 1. The van der Waals surface area contributed by atoms with Crippen molar-refractivity contribution in [2.45, 2.75) is 32.2 Å². The molecule has 0 radical (unpaired) electrons. The highest BCUT2D eigenvalue weighted by Crippen LogP contribution is 2.30. The number of benzene rings is 1. The second-order valence-electron chi connectivity index (χ2n) is 4.21. The Kier molecular flexibility index (Phi) is 2.13. The van der Waals surface area contributed by atoms with Crippen LogP contribution in [0.15, 0.2) is 18.2 Å². The van der Waals surface area contributed by atoms with E-state index in [0.717, 1.165) is 10.6 Å².